The largest absolute Gasteiger partial charge is 0.253 e. The highest BCUT2D eigenvalue weighted by molar-refractivity contribution is 8.37. The molecule has 2 atom stereocenters. The van der Waals surface area contributed by atoms with Gasteiger partial charge in [-0.25, -0.2) is 0 Å². The van der Waals surface area contributed by atoms with Gasteiger partial charge in [-0.1, -0.05) is 0 Å². The summed E-state index contributed by atoms with van der Waals surface area (Å²) >= 11 is 3.15. The van der Waals surface area contributed by atoms with Gasteiger partial charge in [0, 0.05) is 5.08 Å². The van der Waals surface area contributed by atoms with E-state index in [4.69, 9.17) is 0 Å². The predicted molar refractivity (Wildman–Crippen MR) is 48.2 cm³/mol. The highest BCUT2D eigenvalue weighted by Crippen LogP contribution is 2.46. The topological polar surface area (TPSA) is 34.1 Å². The summed E-state index contributed by atoms with van der Waals surface area (Å²) in [7, 11) is -1.87. The number of thioether (sulfide) groups is 2. The molecule has 2 aliphatic heterocycles. The summed E-state index contributed by atoms with van der Waals surface area (Å²) in [5.41, 5.74) is 0. The van der Waals surface area contributed by atoms with Gasteiger partial charge in [0.1, 0.15) is 5.08 Å². The van der Waals surface area contributed by atoms with Gasteiger partial charge in [-0.05, 0) is 0 Å². The molecule has 0 N–H and O–H groups in total. The molecule has 0 spiro atoms. The van der Waals surface area contributed by atoms with Crippen LogP contribution < -0.4 is 0 Å². The van der Waals surface area contributed by atoms with Gasteiger partial charge < -0.3 is 0 Å². The van der Waals surface area contributed by atoms with Gasteiger partial charge in [-0.2, -0.15) is 0 Å². The van der Waals surface area contributed by atoms with Crippen LogP contribution >= 0.6 is 23.5 Å². The Kier molecular flexibility index (Phi) is 1.96. The third-order valence-corrected chi connectivity index (χ3v) is 8.34. The van der Waals surface area contributed by atoms with Gasteiger partial charge in [0.25, 0.3) is 0 Å². The van der Waals surface area contributed by atoms with Crippen molar-refractivity contribution in [3.05, 3.63) is 8.47 Å². The summed E-state index contributed by atoms with van der Waals surface area (Å²) in [6.07, 6.45) is 0. The van der Waals surface area contributed by atoms with Gasteiger partial charge in [0.05, 0.1) is 30.1 Å². The summed E-state index contributed by atoms with van der Waals surface area (Å²) in [4.78, 5) is 0. The molecule has 0 aromatic heterocycles. The van der Waals surface area contributed by atoms with Crippen LogP contribution in [-0.2, 0) is 21.6 Å². The van der Waals surface area contributed by atoms with Crippen molar-refractivity contribution in [1.82, 2.24) is 0 Å². The predicted octanol–water partition coefficient (Wildman–Crippen LogP) is 1.02. The molecular weight excluding hydrogens is 208 g/mol. The van der Waals surface area contributed by atoms with Crippen LogP contribution in [0.2, 0.25) is 0 Å². The molecule has 6 heteroatoms. The number of hydrogen-bond donors (Lipinski definition) is 0. The lowest BCUT2D eigenvalue weighted by Gasteiger charge is -1.91. The quantitative estimate of drug-likeness (QED) is 0.600. The highest BCUT2D eigenvalue weighted by atomic mass is 32.3. The van der Waals surface area contributed by atoms with E-state index in [1.807, 2.05) is 0 Å². The Morgan fingerprint density at radius 3 is 2.10 bits per heavy atom. The first-order valence-corrected chi connectivity index (χ1v) is 7.16. The minimum atomic E-state index is -0.937. The van der Waals surface area contributed by atoms with Crippen LogP contribution in [0.4, 0.5) is 0 Å². The van der Waals surface area contributed by atoms with Crippen molar-refractivity contribution in [2.45, 2.75) is 0 Å². The Labute approximate surface area is 72.1 Å². The average molecular weight is 212 g/mol. The second-order valence-electron chi connectivity index (χ2n) is 1.79. The standard InChI is InChI=1S/C4H4O2S4/c5-9-2-10(6)4-3(9)7-1-8-4/h1-2H2. The van der Waals surface area contributed by atoms with Gasteiger partial charge in [-0.15, -0.1) is 23.5 Å². The second kappa shape index (κ2) is 2.66. The zero-order chi connectivity index (χ0) is 7.14. The molecule has 0 fully saturated rings. The molecule has 2 aliphatic rings. The van der Waals surface area contributed by atoms with Crippen LogP contribution in [0, 0.1) is 0 Å². The van der Waals surface area contributed by atoms with Crippen molar-refractivity contribution in [2.75, 3.05) is 10.2 Å². The van der Waals surface area contributed by atoms with Crippen LogP contribution in [0.3, 0.4) is 0 Å². The van der Waals surface area contributed by atoms with Crippen molar-refractivity contribution in [3.63, 3.8) is 0 Å². The lowest BCUT2D eigenvalue weighted by atomic mass is 11.2. The first-order chi connectivity index (χ1) is 4.79. The minimum absolute atomic E-state index is 0.338. The Hall–Kier alpha value is 0.740. The molecule has 0 saturated heterocycles. The molecule has 0 aromatic rings. The lowest BCUT2D eigenvalue weighted by molar-refractivity contribution is 0.686. The summed E-state index contributed by atoms with van der Waals surface area (Å²) in [6, 6.07) is 0. The van der Waals surface area contributed by atoms with Gasteiger partial charge >= 0.3 is 0 Å². The molecule has 56 valence electrons. The number of hydrogen-bond acceptors (Lipinski definition) is 4. The van der Waals surface area contributed by atoms with E-state index in [9.17, 15) is 8.42 Å². The molecule has 0 radical (unpaired) electrons. The molecule has 0 saturated carbocycles. The SMILES string of the molecule is O=S1CS(=O)C2=C1SCS2. The normalized spacial score (nSPS) is 38.8. The van der Waals surface area contributed by atoms with E-state index in [0.717, 1.165) is 13.6 Å². The molecule has 2 heterocycles. The maximum absolute atomic E-state index is 11.1. The van der Waals surface area contributed by atoms with E-state index in [-0.39, 0.29) is 0 Å². The van der Waals surface area contributed by atoms with Crippen molar-refractivity contribution in [3.8, 4) is 0 Å². The van der Waals surface area contributed by atoms with E-state index in [1.54, 1.807) is 23.5 Å². The summed E-state index contributed by atoms with van der Waals surface area (Å²) < 4.78 is 23.9. The monoisotopic (exact) mass is 212 g/mol. The zero-order valence-corrected chi connectivity index (χ0v) is 8.13. The maximum atomic E-state index is 11.1. The first kappa shape index (κ1) is 7.39. The van der Waals surface area contributed by atoms with E-state index in [1.165, 1.54) is 0 Å². The van der Waals surface area contributed by atoms with E-state index >= 15 is 0 Å². The van der Waals surface area contributed by atoms with Gasteiger partial charge in [0.2, 0.25) is 0 Å². The molecule has 2 unspecified atom stereocenters. The number of rotatable bonds is 0. The summed E-state index contributed by atoms with van der Waals surface area (Å²) in [6.45, 7) is 0. The average Bonchev–Trinajstić information content (AvgIpc) is 2.39. The molecule has 0 aliphatic carbocycles. The molecule has 0 amide bonds. The molecule has 2 rings (SSSR count). The molecule has 2 nitrogen and oxygen atoms in total. The van der Waals surface area contributed by atoms with Crippen molar-refractivity contribution >= 4 is 45.1 Å². The third kappa shape index (κ3) is 1.01. The Morgan fingerprint density at radius 2 is 1.60 bits per heavy atom. The smallest absolute Gasteiger partial charge is 0.110 e. The first-order valence-electron chi connectivity index (χ1n) is 2.55. The fourth-order valence-corrected chi connectivity index (χ4v) is 8.72. The Balaban J connectivity index is 2.45. The van der Waals surface area contributed by atoms with Crippen LogP contribution in [0.5, 0.6) is 0 Å². The molecular formula is C4H4O2S4. The summed E-state index contributed by atoms with van der Waals surface area (Å²) in [5.74, 6) is 0. The maximum Gasteiger partial charge on any atom is 0.110 e. The van der Waals surface area contributed by atoms with Gasteiger partial charge in [0.15, 0.2) is 0 Å². The van der Waals surface area contributed by atoms with E-state index in [0.29, 0.717) is 5.08 Å². The van der Waals surface area contributed by atoms with Crippen molar-refractivity contribution < 1.29 is 8.42 Å². The minimum Gasteiger partial charge on any atom is -0.253 e. The second-order valence-corrected chi connectivity index (χ2v) is 7.79. The molecule has 10 heavy (non-hydrogen) atoms. The third-order valence-electron chi connectivity index (χ3n) is 1.17. The Bertz CT molecular complexity index is 232. The lowest BCUT2D eigenvalue weighted by Crippen LogP contribution is -1.94. The van der Waals surface area contributed by atoms with Crippen LogP contribution in [-0.4, -0.2) is 18.6 Å². The van der Waals surface area contributed by atoms with E-state index in [2.05, 4.69) is 0 Å². The van der Waals surface area contributed by atoms with Crippen LogP contribution in [0.25, 0.3) is 0 Å². The van der Waals surface area contributed by atoms with Gasteiger partial charge in [-0.3, -0.25) is 8.42 Å². The zero-order valence-electron chi connectivity index (χ0n) is 4.86. The van der Waals surface area contributed by atoms with Crippen molar-refractivity contribution in [1.29, 1.82) is 0 Å². The molecule has 0 bridgehead atoms. The fraction of sp³-hybridized carbons (Fsp3) is 0.500. The highest BCUT2D eigenvalue weighted by Gasteiger charge is 2.33. The summed E-state index contributed by atoms with van der Waals surface area (Å²) in [5, 5.41) is 1.23. The molecule has 0 aromatic carbocycles. The van der Waals surface area contributed by atoms with Crippen molar-refractivity contribution in [2.24, 2.45) is 0 Å². The fourth-order valence-electron chi connectivity index (χ4n) is 0.776. The van der Waals surface area contributed by atoms with E-state index < -0.39 is 21.6 Å². The van der Waals surface area contributed by atoms with Crippen LogP contribution in [0.15, 0.2) is 8.47 Å². The van der Waals surface area contributed by atoms with Crippen LogP contribution in [0.1, 0.15) is 0 Å². The Morgan fingerprint density at radius 1 is 1.10 bits per heavy atom.